The Hall–Kier alpha value is -2.26. The zero-order chi connectivity index (χ0) is 16.7. The Morgan fingerprint density at radius 1 is 1.52 bits per heavy atom. The highest BCUT2D eigenvalue weighted by Gasteiger charge is 2.20. The fraction of sp³-hybridized carbons (Fsp3) is 0.429. The third-order valence-corrected chi connectivity index (χ3v) is 3.89. The standard InChI is InChI=1S/C14H17N3O5S/c1-21-7-6-9(14(19)20)15-11(18)4-5-12-16-13(17-22-12)10-3-2-8-23-10/h2-3,8-9H,4-7H2,1H3,(H,15,18)(H,19,20). The van der Waals surface area contributed by atoms with Crippen LogP contribution in [0, 0.1) is 0 Å². The molecule has 0 saturated heterocycles. The van der Waals surface area contributed by atoms with Crippen molar-refractivity contribution in [3.05, 3.63) is 23.4 Å². The maximum atomic E-state index is 11.8. The van der Waals surface area contributed by atoms with Gasteiger partial charge in [0.15, 0.2) is 0 Å². The van der Waals surface area contributed by atoms with Crippen LogP contribution < -0.4 is 5.32 Å². The lowest BCUT2D eigenvalue weighted by Gasteiger charge is -2.13. The van der Waals surface area contributed by atoms with Crippen LogP contribution in [0.2, 0.25) is 0 Å². The van der Waals surface area contributed by atoms with E-state index in [4.69, 9.17) is 14.4 Å². The Morgan fingerprint density at radius 2 is 2.35 bits per heavy atom. The lowest BCUT2D eigenvalue weighted by atomic mass is 10.2. The molecule has 2 heterocycles. The second-order valence-electron chi connectivity index (χ2n) is 4.73. The van der Waals surface area contributed by atoms with Gasteiger partial charge in [0, 0.05) is 33.0 Å². The van der Waals surface area contributed by atoms with E-state index in [9.17, 15) is 9.59 Å². The molecule has 0 saturated carbocycles. The number of carboxylic acids is 1. The van der Waals surface area contributed by atoms with Crippen molar-refractivity contribution in [3.63, 3.8) is 0 Å². The molecule has 1 atom stereocenters. The summed E-state index contributed by atoms with van der Waals surface area (Å²) in [6, 6.07) is 2.79. The van der Waals surface area contributed by atoms with Gasteiger partial charge in [-0.2, -0.15) is 4.98 Å². The predicted molar refractivity (Wildman–Crippen MR) is 82.0 cm³/mol. The molecule has 1 unspecified atom stereocenters. The molecular weight excluding hydrogens is 322 g/mol. The van der Waals surface area contributed by atoms with E-state index < -0.39 is 12.0 Å². The van der Waals surface area contributed by atoms with Gasteiger partial charge in [0.1, 0.15) is 6.04 Å². The second kappa shape index (κ2) is 8.39. The van der Waals surface area contributed by atoms with E-state index in [1.54, 1.807) is 0 Å². The predicted octanol–water partition coefficient (Wildman–Crippen LogP) is 1.34. The Balaban J connectivity index is 1.83. The smallest absolute Gasteiger partial charge is 0.326 e. The summed E-state index contributed by atoms with van der Waals surface area (Å²) in [6.07, 6.45) is 0.532. The van der Waals surface area contributed by atoms with Gasteiger partial charge in [-0.1, -0.05) is 11.2 Å². The van der Waals surface area contributed by atoms with Gasteiger partial charge < -0.3 is 19.7 Å². The summed E-state index contributed by atoms with van der Waals surface area (Å²) < 4.78 is 9.91. The van der Waals surface area contributed by atoms with Crippen molar-refractivity contribution >= 4 is 23.2 Å². The molecule has 0 aromatic carbocycles. The zero-order valence-electron chi connectivity index (χ0n) is 12.5. The summed E-state index contributed by atoms with van der Waals surface area (Å²) in [5.74, 6) is -0.649. The summed E-state index contributed by atoms with van der Waals surface area (Å²) in [5.41, 5.74) is 0. The van der Waals surface area contributed by atoms with Crippen molar-refractivity contribution in [2.75, 3.05) is 13.7 Å². The van der Waals surface area contributed by atoms with Gasteiger partial charge >= 0.3 is 5.97 Å². The van der Waals surface area contributed by atoms with Gasteiger partial charge in [-0.15, -0.1) is 11.3 Å². The van der Waals surface area contributed by atoms with E-state index in [1.165, 1.54) is 18.4 Å². The van der Waals surface area contributed by atoms with Crippen LogP contribution in [-0.4, -0.2) is 46.9 Å². The summed E-state index contributed by atoms with van der Waals surface area (Å²) in [6.45, 7) is 0.255. The minimum absolute atomic E-state index is 0.0723. The van der Waals surface area contributed by atoms with Crippen molar-refractivity contribution in [2.24, 2.45) is 0 Å². The molecule has 2 aromatic heterocycles. The van der Waals surface area contributed by atoms with Crippen molar-refractivity contribution in [3.8, 4) is 10.7 Å². The summed E-state index contributed by atoms with van der Waals surface area (Å²) in [7, 11) is 1.47. The molecule has 0 aliphatic heterocycles. The van der Waals surface area contributed by atoms with E-state index in [2.05, 4.69) is 15.5 Å². The van der Waals surface area contributed by atoms with Gasteiger partial charge in [0.05, 0.1) is 4.88 Å². The molecule has 0 spiro atoms. The Bertz CT molecular complexity index is 641. The van der Waals surface area contributed by atoms with Crippen molar-refractivity contribution < 1.29 is 24.0 Å². The van der Waals surface area contributed by atoms with Gasteiger partial charge in [0.2, 0.25) is 17.6 Å². The van der Waals surface area contributed by atoms with Crippen LogP contribution in [0.15, 0.2) is 22.0 Å². The van der Waals surface area contributed by atoms with Gasteiger partial charge in [-0.05, 0) is 11.4 Å². The Morgan fingerprint density at radius 3 is 3.00 bits per heavy atom. The summed E-state index contributed by atoms with van der Waals surface area (Å²) in [5, 5.41) is 17.2. The average Bonchev–Trinajstić information content (AvgIpc) is 3.19. The number of nitrogens with zero attached hydrogens (tertiary/aromatic N) is 2. The number of hydrogen-bond acceptors (Lipinski definition) is 7. The van der Waals surface area contributed by atoms with Crippen LogP contribution in [0.25, 0.3) is 10.7 Å². The van der Waals surface area contributed by atoms with E-state index in [-0.39, 0.29) is 31.8 Å². The summed E-state index contributed by atoms with van der Waals surface area (Å²) in [4.78, 5) is 28.0. The van der Waals surface area contributed by atoms with E-state index >= 15 is 0 Å². The first-order valence-electron chi connectivity index (χ1n) is 6.97. The first-order valence-corrected chi connectivity index (χ1v) is 7.85. The number of carbonyl (C=O) groups excluding carboxylic acids is 1. The lowest BCUT2D eigenvalue weighted by Crippen LogP contribution is -2.41. The molecule has 0 bridgehead atoms. The van der Waals surface area contributed by atoms with Crippen LogP contribution in [0.4, 0.5) is 0 Å². The highest BCUT2D eigenvalue weighted by atomic mass is 32.1. The van der Waals surface area contributed by atoms with Crippen LogP contribution >= 0.6 is 11.3 Å². The molecule has 0 fully saturated rings. The van der Waals surface area contributed by atoms with Crippen molar-refractivity contribution in [1.82, 2.24) is 15.5 Å². The topological polar surface area (TPSA) is 115 Å². The maximum Gasteiger partial charge on any atom is 0.326 e. The fourth-order valence-corrected chi connectivity index (χ4v) is 2.49. The number of carbonyl (C=O) groups is 2. The van der Waals surface area contributed by atoms with Crippen LogP contribution in [0.5, 0.6) is 0 Å². The minimum atomic E-state index is -1.09. The number of aryl methyl sites for hydroxylation is 1. The molecule has 9 heteroatoms. The molecule has 2 aromatic rings. The number of methoxy groups -OCH3 is 1. The SMILES string of the molecule is COCCC(NC(=O)CCc1nc(-c2cccs2)no1)C(=O)O. The largest absolute Gasteiger partial charge is 0.480 e. The molecule has 1 amide bonds. The van der Waals surface area contributed by atoms with Gasteiger partial charge in [0.25, 0.3) is 0 Å². The third kappa shape index (κ3) is 5.15. The van der Waals surface area contributed by atoms with E-state index in [0.717, 1.165) is 4.88 Å². The Kier molecular flexibility index (Phi) is 6.24. The monoisotopic (exact) mass is 339 g/mol. The molecule has 0 aliphatic carbocycles. The van der Waals surface area contributed by atoms with Gasteiger partial charge in [-0.25, -0.2) is 4.79 Å². The van der Waals surface area contributed by atoms with Gasteiger partial charge in [-0.3, -0.25) is 4.79 Å². The van der Waals surface area contributed by atoms with Crippen LogP contribution in [-0.2, 0) is 20.7 Å². The number of aliphatic carboxylic acids is 1. The molecule has 2 N–H and O–H groups in total. The van der Waals surface area contributed by atoms with Crippen molar-refractivity contribution in [2.45, 2.75) is 25.3 Å². The number of nitrogens with one attached hydrogen (secondary N) is 1. The highest BCUT2D eigenvalue weighted by molar-refractivity contribution is 7.13. The fourth-order valence-electron chi connectivity index (χ4n) is 1.84. The van der Waals surface area contributed by atoms with Crippen LogP contribution in [0.3, 0.4) is 0 Å². The molecular formula is C14H17N3O5S. The number of carboxylic acid groups (broad SMARTS) is 1. The van der Waals surface area contributed by atoms with E-state index in [1.807, 2.05) is 17.5 Å². The Labute approximate surface area is 136 Å². The quantitative estimate of drug-likeness (QED) is 0.708. The minimum Gasteiger partial charge on any atom is -0.480 e. The molecule has 23 heavy (non-hydrogen) atoms. The normalized spacial score (nSPS) is 12.0. The van der Waals surface area contributed by atoms with Crippen LogP contribution in [0.1, 0.15) is 18.7 Å². The number of thiophene rings is 1. The second-order valence-corrected chi connectivity index (χ2v) is 5.68. The maximum absolute atomic E-state index is 11.8. The average molecular weight is 339 g/mol. The number of ether oxygens (including phenoxy) is 1. The summed E-state index contributed by atoms with van der Waals surface area (Å²) >= 11 is 1.49. The van der Waals surface area contributed by atoms with E-state index in [0.29, 0.717) is 11.7 Å². The molecule has 8 nitrogen and oxygen atoms in total. The zero-order valence-corrected chi connectivity index (χ0v) is 13.3. The van der Waals surface area contributed by atoms with Crippen molar-refractivity contribution in [1.29, 1.82) is 0 Å². The first kappa shape index (κ1) is 17.1. The molecule has 2 rings (SSSR count). The number of hydrogen-bond donors (Lipinski definition) is 2. The lowest BCUT2D eigenvalue weighted by molar-refractivity contribution is -0.142. The molecule has 124 valence electrons. The number of rotatable bonds is 9. The highest BCUT2D eigenvalue weighted by Crippen LogP contribution is 2.21. The number of aromatic nitrogens is 2. The molecule has 0 radical (unpaired) electrons. The first-order chi connectivity index (χ1) is 11.1. The third-order valence-electron chi connectivity index (χ3n) is 3.02. The molecule has 0 aliphatic rings. The number of amides is 1.